The van der Waals surface area contributed by atoms with Crippen LogP contribution in [0.5, 0.6) is 0 Å². The third-order valence-corrected chi connectivity index (χ3v) is 9.79. The third-order valence-electron chi connectivity index (χ3n) is 7.76. The molecular formula is C33H27N8O8PS. The standard InChI is InChI=1S/C33H27N8O8PS/c42-30(21-10-4-1-5-11-21)39-28-25-29(36-18-35-28)40(20-37-25)31-27(49-33(44)23-14-8-3-9-15-23)26(48-32(43)22-12-6-2-7-13-22)24(47-31)16-46-50(45,51)41-19-34-17-38-41/h1-15,17-20,24,26-27,31H,16H2,(H,45,51)(H,35,36,39,42)/t24-,26-,27-,31-,50?/m1/s1. The largest absolute Gasteiger partial charge is 0.452 e. The number of amides is 1. The number of rotatable bonds is 11. The zero-order valence-corrected chi connectivity index (χ0v) is 28.0. The van der Waals surface area contributed by atoms with Gasteiger partial charge in [0.1, 0.15) is 25.1 Å². The highest BCUT2D eigenvalue weighted by Gasteiger charge is 2.52. The lowest BCUT2D eigenvalue weighted by atomic mass is 10.1. The van der Waals surface area contributed by atoms with Crippen LogP contribution in [0.15, 0.2) is 116 Å². The molecule has 0 bridgehead atoms. The van der Waals surface area contributed by atoms with Crippen LogP contribution in [0.4, 0.5) is 5.82 Å². The summed E-state index contributed by atoms with van der Waals surface area (Å²) in [5.74, 6) is -1.78. The van der Waals surface area contributed by atoms with Gasteiger partial charge in [0, 0.05) is 5.56 Å². The summed E-state index contributed by atoms with van der Waals surface area (Å²) in [4.78, 5) is 67.9. The van der Waals surface area contributed by atoms with Crippen LogP contribution in [-0.4, -0.2) is 81.7 Å². The number of hydrogen-bond acceptors (Lipinski definition) is 13. The van der Waals surface area contributed by atoms with E-state index in [-0.39, 0.29) is 28.1 Å². The first-order chi connectivity index (χ1) is 24.8. The lowest BCUT2D eigenvalue weighted by Gasteiger charge is -2.25. The molecule has 0 saturated carbocycles. The molecule has 1 unspecified atom stereocenters. The average molecular weight is 727 g/mol. The molecule has 0 aliphatic carbocycles. The summed E-state index contributed by atoms with van der Waals surface area (Å²) in [5, 5.41) is 6.64. The maximum absolute atomic E-state index is 13.6. The molecule has 6 aromatic rings. The minimum absolute atomic E-state index is 0.115. The van der Waals surface area contributed by atoms with Crippen molar-refractivity contribution in [3.05, 3.63) is 133 Å². The normalized spacial score (nSPS) is 19.6. The van der Waals surface area contributed by atoms with Gasteiger partial charge in [-0.25, -0.2) is 29.5 Å². The SMILES string of the molecule is O=C(Nc1ncnc2c1ncn2[C@@H]1O[C@H](COP(O)(=S)n2cncn2)[C@@H](OC(=O)c2ccccc2)[C@H]1OC(=O)c1ccccc1)c1ccccc1. The molecule has 3 aromatic heterocycles. The average Bonchev–Trinajstić information content (AvgIpc) is 3.93. The molecule has 1 saturated heterocycles. The Kier molecular flexibility index (Phi) is 9.70. The molecular weight excluding hydrogens is 699 g/mol. The number of aromatic nitrogens is 7. The fraction of sp³-hybridized carbons (Fsp3) is 0.152. The molecule has 5 atom stereocenters. The second-order valence-corrected chi connectivity index (χ2v) is 14.1. The molecule has 1 fully saturated rings. The second-order valence-electron chi connectivity index (χ2n) is 11.0. The van der Waals surface area contributed by atoms with Gasteiger partial charge in [-0.3, -0.25) is 9.36 Å². The fourth-order valence-electron chi connectivity index (χ4n) is 5.33. The Labute approximate surface area is 294 Å². The number of anilines is 1. The topological polar surface area (TPSA) is 195 Å². The summed E-state index contributed by atoms with van der Waals surface area (Å²) >= 11 is 5.31. The first-order valence-corrected chi connectivity index (χ1v) is 18.0. The molecule has 0 spiro atoms. The Balaban J connectivity index is 1.26. The van der Waals surface area contributed by atoms with Crippen molar-refractivity contribution in [1.82, 2.24) is 34.1 Å². The quantitative estimate of drug-likeness (QED) is 0.145. The lowest BCUT2D eigenvalue weighted by Crippen LogP contribution is -2.41. The maximum atomic E-state index is 13.6. The van der Waals surface area contributed by atoms with E-state index in [1.165, 1.54) is 29.9 Å². The molecule has 1 amide bonds. The van der Waals surface area contributed by atoms with Crippen molar-refractivity contribution in [1.29, 1.82) is 0 Å². The number of nitrogens with zero attached hydrogens (tertiary/aromatic N) is 7. The Bertz CT molecular complexity index is 2210. The van der Waals surface area contributed by atoms with Gasteiger partial charge in [0.25, 0.3) is 5.91 Å². The van der Waals surface area contributed by atoms with Gasteiger partial charge < -0.3 is 28.9 Å². The van der Waals surface area contributed by atoms with Gasteiger partial charge in [0.15, 0.2) is 35.4 Å². The number of carbonyl (C=O) groups is 3. The van der Waals surface area contributed by atoms with E-state index in [0.29, 0.717) is 5.56 Å². The highest BCUT2D eigenvalue weighted by molar-refractivity contribution is 8.08. The Hall–Kier alpha value is -5.71. The number of hydrogen-bond donors (Lipinski definition) is 2. The van der Waals surface area contributed by atoms with E-state index in [1.807, 2.05) is 0 Å². The van der Waals surface area contributed by atoms with Gasteiger partial charge in [0.05, 0.1) is 24.1 Å². The van der Waals surface area contributed by atoms with Crippen LogP contribution < -0.4 is 5.32 Å². The van der Waals surface area contributed by atoms with Crippen LogP contribution >= 0.6 is 6.64 Å². The van der Waals surface area contributed by atoms with Gasteiger partial charge >= 0.3 is 18.6 Å². The Morgan fingerprint density at radius 3 is 2.02 bits per heavy atom. The zero-order valence-electron chi connectivity index (χ0n) is 26.3. The van der Waals surface area contributed by atoms with Crippen LogP contribution in [0.1, 0.15) is 37.3 Å². The van der Waals surface area contributed by atoms with Crippen LogP contribution in [-0.2, 0) is 30.5 Å². The molecule has 7 rings (SSSR count). The van der Waals surface area contributed by atoms with Crippen molar-refractivity contribution in [2.75, 3.05) is 11.9 Å². The van der Waals surface area contributed by atoms with Gasteiger partial charge in [-0.15, -0.1) is 0 Å². The molecule has 1 aliphatic heterocycles. The number of nitrogens with one attached hydrogen (secondary N) is 1. The monoisotopic (exact) mass is 726 g/mol. The summed E-state index contributed by atoms with van der Waals surface area (Å²) in [7, 11) is 0. The molecule has 4 heterocycles. The molecule has 258 valence electrons. The molecule has 1 aliphatic rings. The summed E-state index contributed by atoms with van der Waals surface area (Å²) < 4.78 is 26.7. The van der Waals surface area contributed by atoms with E-state index >= 15 is 0 Å². The van der Waals surface area contributed by atoms with Crippen molar-refractivity contribution in [2.45, 2.75) is 24.5 Å². The van der Waals surface area contributed by atoms with Crippen molar-refractivity contribution in [3.63, 3.8) is 0 Å². The molecule has 18 heteroatoms. The smallest absolute Gasteiger partial charge is 0.338 e. The molecule has 2 N–H and O–H groups in total. The van der Waals surface area contributed by atoms with Crippen LogP contribution in [0, 0.1) is 0 Å². The van der Waals surface area contributed by atoms with Crippen molar-refractivity contribution in [2.24, 2.45) is 0 Å². The number of ether oxygens (including phenoxy) is 3. The van der Waals surface area contributed by atoms with E-state index in [2.05, 4.69) is 30.4 Å². The zero-order chi connectivity index (χ0) is 35.4. The van der Waals surface area contributed by atoms with E-state index in [9.17, 15) is 19.3 Å². The van der Waals surface area contributed by atoms with E-state index in [1.54, 1.807) is 91.0 Å². The van der Waals surface area contributed by atoms with E-state index in [4.69, 9.17) is 30.5 Å². The minimum Gasteiger partial charge on any atom is -0.452 e. The molecule has 3 aromatic carbocycles. The number of carbonyl (C=O) groups excluding carboxylic acids is 3. The third kappa shape index (κ3) is 7.28. The van der Waals surface area contributed by atoms with Crippen molar-refractivity contribution >= 4 is 53.3 Å². The van der Waals surface area contributed by atoms with Gasteiger partial charge in [-0.1, -0.05) is 54.6 Å². The van der Waals surface area contributed by atoms with Crippen LogP contribution in [0.2, 0.25) is 0 Å². The van der Waals surface area contributed by atoms with E-state index < -0.39 is 55.6 Å². The Morgan fingerprint density at radius 1 is 0.804 bits per heavy atom. The van der Waals surface area contributed by atoms with Gasteiger partial charge in [-0.05, 0) is 48.2 Å². The molecule has 0 radical (unpaired) electrons. The van der Waals surface area contributed by atoms with Crippen LogP contribution in [0.25, 0.3) is 11.2 Å². The maximum Gasteiger partial charge on any atom is 0.338 e. The fourth-order valence-corrected chi connectivity index (χ4v) is 6.59. The molecule has 51 heavy (non-hydrogen) atoms. The summed E-state index contributed by atoms with van der Waals surface area (Å²) in [5.41, 5.74) is 1.25. The van der Waals surface area contributed by atoms with Gasteiger partial charge in [-0.2, -0.15) is 9.55 Å². The molecule has 16 nitrogen and oxygen atoms in total. The predicted octanol–water partition coefficient (Wildman–Crippen LogP) is 3.80. The van der Waals surface area contributed by atoms with Gasteiger partial charge in [0.2, 0.25) is 0 Å². The number of esters is 2. The number of fused-ring (bicyclic) bond motifs is 1. The second kappa shape index (κ2) is 14.6. The van der Waals surface area contributed by atoms with Crippen molar-refractivity contribution < 1.29 is 38.0 Å². The highest BCUT2D eigenvalue weighted by Crippen LogP contribution is 2.45. The summed E-state index contributed by atoms with van der Waals surface area (Å²) in [6.45, 7) is -4.18. The highest BCUT2D eigenvalue weighted by atomic mass is 32.5. The number of imidazole rings is 1. The number of benzene rings is 3. The lowest BCUT2D eigenvalue weighted by molar-refractivity contribution is -0.0541. The minimum atomic E-state index is -3.76. The first-order valence-electron chi connectivity index (χ1n) is 15.3. The Morgan fingerprint density at radius 2 is 1.41 bits per heavy atom. The van der Waals surface area contributed by atoms with Crippen molar-refractivity contribution in [3.8, 4) is 0 Å². The first kappa shape index (κ1) is 33.8. The predicted molar refractivity (Wildman–Crippen MR) is 183 cm³/mol. The summed E-state index contributed by atoms with van der Waals surface area (Å²) in [6.07, 6.45) is -0.0117. The van der Waals surface area contributed by atoms with E-state index in [0.717, 1.165) is 4.45 Å². The summed E-state index contributed by atoms with van der Waals surface area (Å²) in [6, 6.07) is 25.0. The van der Waals surface area contributed by atoms with Crippen LogP contribution in [0.3, 0.4) is 0 Å².